The summed E-state index contributed by atoms with van der Waals surface area (Å²) < 4.78 is 0. The summed E-state index contributed by atoms with van der Waals surface area (Å²) in [4.78, 5) is 4.24. The van der Waals surface area contributed by atoms with Crippen molar-refractivity contribution >= 4 is 22.7 Å². The minimum absolute atomic E-state index is 0.978. The number of hydrogen-bond acceptors (Lipinski definition) is 3. The lowest BCUT2D eigenvalue weighted by Gasteiger charge is -2.02. The first kappa shape index (κ1) is 10.9. The van der Waals surface area contributed by atoms with Crippen LogP contribution in [-0.2, 0) is 13.1 Å². The standard InChI is InChI=1S/C12H15NS2/c1-9-6-11(10(2)15-9)7-13-8-12-4-3-5-14-12/h3-6,13H,7-8H2,1-2H3. The quantitative estimate of drug-likeness (QED) is 0.854. The summed E-state index contributed by atoms with van der Waals surface area (Å²) in [6, 6.07) is 6.55. The van der Waals surface area contributed by atoms with Gasteiger partial charge in [0, 0.05) is 27.7 Å². The Labute approximate surface area is 98.8 Å². The highest BCUT2D eigenvalue weighted by Crippen LogP contribution is 2.20. The molecule has 0 aliphatic heterocycles. The Bertz CT molecular complexity index is 415. The molecule has 0 radical (unpaired) electrons. The van der Waals surface area contributed by atoms with Gasteiger partial charge in [0.25, 0.3) is 0 Å². The van der Waals surface area contributed by atoms with Crippen LogP contribution in [0.3, 0.4) is 0 Å². The number of aryl methyl sites for hydroxylation is 2. The van der Waals surface area contributed by atoms with Gasteiger partial charge in [0.2, 0.25) is 0 Å². The summed E-state index contributed by atoms with van der Waals surface area (Å²) in [6.07, 6.45) is 0. The molecule has 0 amide bonds. The van der Waals surface area contributed by atoms with Crippen LogP contribution in [0.15, 0.2) is 23.6 Å². The number of nitrogens with one attached hydrogen (secondary N) is 1. The molecule has 2 rings (SSSR count). The van der Waals surface area contributed by atoms with Crippen molar-refractivity contribution in [3.05, 3.63) is 43.8 Å². The van der Waals surface area contributed by atoms with Gasteiger partial charge in [-0.05, 0) is 36.9 Å². The van der Waals surface area contributed by atoms with Gasteiger partial charge in [-0.3, -0.25) is 0 Å². The van der Waals surface area contributed by atoms with Crippen molar-refractivity contribution in [3.8, 4) is 0 Å². The van der Waals surface area contributed by atoms with Crippen LogP contribution >= 0.6 is 22.7 Å². The second kappa shape index (κ2) is 4.92. The van der Waals surface area contributed by atoms with E-state index in [-0.39, 0.29) is 0 Å². The first-order valence-corrected chi connectivity index (χ1v) is 6.74. The van der Waals surface area contributed by atoms with Crippen LogP contribution in [0.5, 0.6) is 0 Å². The number of thiophene rings is 2. The lowest BCUT2D eigenvalue weighted by atomic mass is 10.2. The van der Waals surface area contributed by atoms with Crippen LogP contribution in [0.2, 0.25) is 0 Å². The van der Waals surface area contributed by atoms with Gasteiger partial charge in [-0.15, -0.1) is 22.7 Å². The molecule has 80 valence electrons. The van der Waals surface area contributed by atoms with E-state index in [0.717, 1.165) is 13.1 Å². The molecule has 0 saturated heterocycles. The molecule has 1 nitrogen and oxygen atoms in total. The van der Waals surface area contributed by atoms with Gasteiger partial charge in [-0.2, -0.15) is 0 Å². The highest BCUT2D eigenvalue weighted by molar-refractivity contribution is 7.12. The highest BCUT2D eigenvalue weighted by atomic mass is 32.1. The summed E-state index contributed by atoms with van der Waals surface area (Å²) in [5.41, 5.74) is 1.44. The smallest absolute Gasteiger partial charge is 0.0302 e. The SMILES string of the molecule is Cc1cc(CNCc2cccs2)c(C)s1. The lowest BCUT2D eigenvalue weighted by molar-refractivity contribution is 0.700. The molecule has 2 aromatic rings. The van der Waals surface area contributed by atoms with E-state index >= 15 is 0 Å². The highest BCUT2D eigenvalue weighted by Gasteiger charge is 2.02. The largest absolute Gasteiger partial charge is 0.308 e. The van der Waals surface area contributed by atoms with Gasteiger partial charge in [0.15, 0.2) is 0 Å². The monoisotopic (exact) mass is 237 g/mol. The van der Waals surface area contributed by atoms with Crippen molar-refractivity contribution in [1.29, 1.82) is 0 Å². The Balaban J connectivity index is 1.86. The van der Waals surface area contributed by atoms with E-state index in [0.29, 0.717) is 0 Å². The molecule has 2 heterocycles. The summed E-state index contributed by atoms with van der Waals surface area (Å²) >= 11 is 3.69. The molecule has 0 bridgehead atoms. The number of hydrogen-bond donors (Lipinski definition) is 1. The maximum Gasteiger partial charge on any atom is 0.0302 e. The Kier molecular flexibility index (Phi) is 3.57. The second-order valence-electron chi connectivity index (χ2n) is 3.62. The fourth-order valence-corrected chi connectivity index (χ4v) is 3.21. The normalized spacial score (nSPS) is 10.8. The minimum Gasteiger partial charge on any atom is -0.308 e. The number of rotatable bonds is 4. The van der Waals surface area contributed by atoms with Gasteiger partial charge in [-0.1, -0.05) is 6.07 Å². The zero-order valence-corrected chi connectivity index (χ0v) is 10.7. The average molecular weight is 237 g/mol. The maximum atomic E-state index is 3.48. The first-order valence-electron chi connectivity index (χ1n) is 5.04. The summed E-state index contributed by atoms with van der Waals surface area (Å²) in [5, 5.41) is 5.60. The Morgan fingerprint density at radius 3 is 2.73 bits per heavy atom. The Hall–Kier alpha value is -0.640. The average Bonchev–Trinajstić information content (AvgIpc) is 2.77. The third-order valence-electron chi connectivity index (χ3n) is 2.34. The summed E-state index contributed by atoms with van der Waals surface area (Å²) in [6.45, 7) is 6.32. The molecule has 0 aliphatic rings. The van der Waals surface area contributed by atoms with Crippen LogP contribution in [0.4, 0.5) is 0 Å². The van der Waals surface area contributed by atoms with Gasteiger partial charge in [0.1, 0.15) is 0 Å². The molecule has 2 aromatic heterocycles. The fourth-order valence-electron chi connectivity index (χ4n) is 1.59. The van der Waals surface area contributed by atoms with E-state index in [9.17, 15) is 0 Å². The summed E-state index contributed by atoms with van der Waals surface area (Å²) in [5.74, 6) is 0. The van der Waals surface area contributed by atoms with E-state index in [1.807, 2.05) is 22.7 Å². The predicted octanol–water partition coefficient (Wildman–Crippen LogP) is 3.72. The molecule has 0 saturated carbocycles. The molecule has 0 atom stereocenters. The molecule has 0 aromatic carbocycles. The molecule has 0 aliphatic carbocycles. The Morgan fingerprint density at radius 2 is 2.13 bits per heavy atom. The Morgan fingerprint density at radius 1 is 1.27 bits per heavy atom. The van der Waals surface area contributed by atoms with Crippen molar-refractivity contribution in [2.24, 2.45) is 0 Å². The molecule has 0 fully saturated rings. The van der Waals surface area contributed by atoms with E-state index in [4.69, 9.17) is 0 Å². The molecule has 0 unspecified atom stereocenters. The van der Waals surface area contributed by atoms with Crippen molar-refractivity contribution < 1.29 is 0 Å². The third-order valence-corrected chi connectivity index (χ3v) is 4.22. The van der Waals surface area contributed by atoms with E-state index in [1.165, 1.54) is 20.2 Å². The van der Waals surface area contributed by atoms with Crippen LogP contribution in [0, 0.1) is 13.8 Å². The fraction of sp³-hybridized carbons (Fsp3) is 0.333. The van der Waals surface area contributed by atoms with Gasteiger partial charge in [-0.25, -0.2) is 0 Å². The van der Waals surface area contributed by atoms with E-state index in [1.54, 1.807) is 0 Å². The predicted molar refractivity (Wildman–Crippen MR) is 68.7 cm³/mol. The molecule has 1 N–H and O–H groups in total. The zero-order chi connectivity index (χ0) is 10.7. The molecule has 3 heteroatoms. The molecular formula is C12H15NS2. The van der Waals surface area contributed by atoms with Gasteiger partial charge in [0.05, 0.1) is 0 Å². The van der Waals surface area contributed by atoms with Crippen molar-refractivity contribution in [1.82, 2.24) is 5.32 Å². The summed E-state index contributed by atoms with van der Waals surface area (Å²) in [7, 11) is 0. The van der Waals surface area contributed by atoms with Gasteiger partial charge < -0.3 is 5.32 Å². The molecular weight excluding hydrogens is 222 g/mol. The van der Waals surface area contributed by atoms with Crippen LogP contribution in [-0.4, -0.2) is 0 Å². The third kappa shape index (κ3) is 2.91. The van der Waals surface area contributed by atoms with Gasteiger partial charge >= 0.3 is 0 Å². The van der Waals surface area contributed by atoms with Crippen LogP contribution in [0.25, 0.3) is 0 Å². The van der Waals surface area contributed by atoms with Crippen molar-refractivity contribution in [2.45, 2.75) is 26.9 Å². The molecule has 0 spiro atoms. The van der Waals surface area contributed by atoms with Crippen molar-refractivity contribution in [2.75, 3.05) is 0 Å². The van der Waals surface area contributed by atoms with E-state index < -0.39 is 0 Å². The zero-order valence-electron chi connectivity index (χ0n) is 9.04. The maximum absolute atomic E-state index is 3.48. The van der Waals surface area contributed by atoms with E-state index in [2.05, 4.69) is 42.7 Å². The lowest BCUT2D eigenvalue weighted by Crippen LogP contribution is -2.11. The van der Waals surface area contributed by atoms with Crippen molar-refractivity contribution in [3.63, 3.8) is 0 Å². The first-order chi connectivity index (χ1) is 7.25. The molecule has 15 heavy (non-hydrogen) atoms. The minimum atomic E-state index is 0.978. The second-order valence-corrected chi connectivity index (χ2v) is 6.11. The van der Waals surface area contributed by atoms with Crippen LogP contribution < -0.4 is 5.32 Å². The van der Waals surface area contributed by atoms with Crippen LogP contribution in [0.1, 0.15) is 20.2 Å². The topological polar surface area (TPSA) is 12.0 Å².